The molecule has 0 spiro atoms. The van der Waals surface area contributed by atoms with Crippen molar-refractivity contribution in [3.63, 3.8) is 0 Å². The summed E-state index contributed by atoms with van der Waals surface area (Å²) in [5.74, 6) is -1.25. The molecule has 0 aliphatic heterocycles. The monoisotopic (exact) mass is 456 g/mol. The van der Waals surface area contributed by atoms with Gasteiger partial charge in [-0.05, 0) is 18.8 Å². The Morgan fingerprint density at radius 2 is 0.897 bits per heavy atom. The zero-order valence-corrected chi connectivity index (χ0v) is 20.3. The quantitative estimate of drug-likeness (QED) is 0.182. The summed E-state index contributed by atoms with van der Waals surface area (Å²) < 4.78 is 0. The Bertz CT molecular complexity index is 376. The Morgan fingerprint density at radius 1 is 0.586 bits per heavy atom. The van der Waals surface area contributed by atoms with Crippen LogP contribution in [-0.4, -0.2) is 22.2 Å². The van der Waals surface area contributed by atoms with Gasteiger partial charge in [0.05, 0.1) is 5.92 Å². The van der Waals surface area contributed by atoms with E-state index in [1.807, 2.05) is 13.8 Å². The third-order valence-corrected chi connectivity index (χ3v) is 5.53. The highest BCUT2D eigenvalue weighted by atomic mass is 35.5. The molecule has 0 aromatic heterocycles. The predicted molar refractivity (Wildman–Crippen MR) is 127 cm³/mol. The lowest BCUT2D eigenvalue weighted by Gasteiger charge is -2.15. The minimum absolute atomic E-state index is 0. The van der Waals surface area contributed by atoms with Crippen molar-refractivity contribution < 1.29 is 19.8 Å². The third-order valence-electron chi connectivity index (χ3n) is 5.53. The number of hydrogen-bond donors (Lipinski definition) is 2. The fraction of sp³-hybridized carbons (Fsp3) is 0.913. The molecule has 0 saturated carbocycles. The summed E-state index contributed by atoms with van der Waals surface area (Å²) in [5.41, 5.74) is 0. The first-order valence-electron chi connectivity index (χ1n) is 11.4. The summed E-state index contributed by atoms with van der Waals surface area (Å²) >= 11 is 0. The van der Waals surface area contributed by atoms with Gasteiger partial charge < -0.3 is 10.2 Å². The zero-order chi connectivity index (χ0) is 20.3. The summed E-state index contributed by atoms with van der Waals surface area (Å²) in [7, 11) is 0. The molecule has 0 aromatic carbocycles. The number of carbonyl (C=O) groups is 2. The Morgan fingerprint density at radius 3 is 1.17 bits per heavy atom. The average molecular weight is 458 g/mol. The second-order valence-electron chi connectivity index (χ2n) is 8.42. The molecule has 0 radical (unpaired) electrons. The first-order valence-corrected chi connectivity index (χ1v) is 11.4. The molecule has 1 unspecified atom stereocenters. The van der Waals surface area contributed by atoms with E-state index < -0.39 is 11.9 Å². The molecule has 0 saturated heterocycles. The van der Waals surface area contributed by atoms with E-state index >= 15 is 0 Å². The lowest BCUT2D eigenvalue weighted by Crippen LogP contribution is -2.19. The molecule has 2 N–H and O–H groups in total. The van der Waals surface area contributed by atoms with E-state index in [2.05, 4.69) is 0 Å². The van der Waals surface area contributed by atoms with Crippen LogP contribution in [0.1, 0.15) is 123 Å². The van der Waals surface area contributed by atoms with Gasteiger partial charge in [-0.1, -0.05) is 104 Å². The van der Waals surface area contributed by atoms with Gasteiger partial charge in [0.15, 0.2) is 0 Å². The Hall–Kier alpha value is -0.480. The maximum Gasteiger partial charge on any atom is 0.306 e. The lowest BCUT2D eigenvalue weighted by molar-refractivity contribution is -0.143. The van der Waals surface area contributed by atoms with Crippen LogP contribution in [0.25, 0.3) is 0 Å². The summed E-state index contributed by atoms with van der Waals surface area (Å²) in [6.07, 6.45) is 19.5. The highest BCUT2D eigenvalue weighted by molar-refractivity contribution is 5.85. The van der Waals surface area contributed by atoms with Crippen LogP contribution in [0, 0.1) is 11.8 Å². The van der Waals surface area contributed by atoms with Crippen LogP contribution >= 0.6 is 24.8 Å². The molecule has 1 atom stereocenters. The van der Waals surface area contributed by atoms with Crippen LogP contribution in [0.3, 0.4) is 0 Å². The van der Waals surface area contributed by atoms with Crippen molar-refractivity contribution in [2.24, 2.45) is 11.8 Å². The van der Waals surface area contributed by atoms with E-state index in [1.165, 1.54) is 77.0 Å². The molecule has 0 amide bonds. The van der Waals surface area contributed by atoms with Crippen LogP contribution in [0.4, 0.5) is 0 Å². The summed E-state index contributed by atoms with van der Waals surface area (Å²) in [4.78, 5) is 21.5. The Labute approximate surface area is 191 Å². The topological polar surface area (TPSA) is 74.6 Å². The van der Waals surface area contributed by atoms with Gasteiger partial charge in [-0.25, -0.2) is 0 Å². The summed E-state index contributed by atoms with van der Waals surface area (Å²) in [5, 5.41) is 17.7. The van der Waals surface area contributed by atoms with Gasteiger partial charge in [-0.2, -0.15) is 0 Å². The fourth-order valence-electron chi connectivity index (χ4n) is 3.68. The molecular weight excluding hydrogens is 411 g/mol. The summed E-state index contributed by atoms with van der Waals surface area (Å²) in [6.45, 7) is 4.00. The first kappa shape index (κ1) is 33.2. The van der Waals surface area contributed by atoms with Crippen molar-refractivity contribution >= 4 is 36.8 Å². The van der Waals surface area contributed by atoms with E-state index in [9.17, 15) is 9.59 Å². The second kappa shape index (κ2) is 23.8. The number of hydrogen-bond acceptors (Lipinski definition) is 2. The van der Waals surface area contributed by atoms with Crippen molar-refractivity contribution in [3.8, 4) is 0 Å². The van der Waals surface area contributed by atoms with E-state index in [0.29, 0.717) is 6.42 Å². The molecule has 0 fully saturated rings. The minimum Gasteiger partial charge on any atom is -0.481 e. The molecule has 29 heavy (non-hydrogen) atoms. The number of unbranched alkanes of at least 4 members (excludes halogenated alkanes) is 14. The van der Waals surface area contributed by atoms with Gasteiger partial charge in [0.2, 0.25) is 0 Å². The van der Waals surface area contributed by atoms with E-state index in [0.717, 1.165) is 25.7 Å². The van der Waals surface area contributed by atoms with Crippen LogP contribution in [0.5, 0.6) is 0 Å². The molecule has 0 heterocycles. The molecule has 0 rings (SSSR count). The maximum atomic E-state index is 11.1. The van der Waals surface area contributed by atoms with Gasteiger partial charge in [-0.3, -0.25) is 9.59 Å². The smallest absolute Gasteiger partial charge is 0.306 e. The van der Waals surface area contributed by atoms with E-state index in [-0.39, 0.29) is 36.6 Å². The van der Waals surface area contributed by atoms with E-state index in [1.54, 1.807) is 0 Å². The fourth-order valence-corrected chi connectivity index (χ4v) is 3.68. The highest BCUT2D eigenvalue weighted by Crippen LogP contribution is 2.20. The lowest BCUT2D eigenvalue weighted by atomic mass is 9.90. The van der Waals surface area contributed by atoms with Crippen molar-refractivity contribution in [1.29, 1.82) is 0 Å². The second-order valence-corrected chi connectivity index (χ2v) is 8.42. The van der Waals surface area contributed by atoms with Gasteiger partial charge in [-0.15, -0.1) is 24.8 Å². The molecule has 0 aliphatic carbocycles. The van der Waals surface area contributed by atoms with Crippen molar-refractivity contribution in [2.45, 2.75) is 123 Å². The molecule has 176 valence electrons. The maximum absolute atomic E-state index is 11.1. The molecule has 0 aromatic rings. The third kappa shape index (κ3) is 23.7. The normalized spacial score (nSPS) is 11.6. The largest absolute Gasteiger partial charge is 0.481 e. The molecule has 4 nitrogen and oxygen atoms in total. The van der Waals surface area contributed by atoms with Gasteiger partial charge >= 0.3 is 11.9 Å². The van der Waals surface area contributed by atoms with Crippen LogP contribution in [-0.2, 0) is 9.59 Å². The van der Waals surface area contributed by atoms with Gasteiger partial charge in [0.25, 0.3) is 0 Å². The van der Waals surface area contributed by atoms with Crippen molar-refractivity contribution in [2.75, 3.05) is 0 Å². The standard InChI is InChI=1S/C23H44O4.2ClH/c1-20(2)21(23(26)27)18-16-14-12-10-8-6-4-3-5-7-9-11-13-15-17-19-22(24)25;;/h20-21H,3-19H2,1-2H3,(H,24,25)(H,26,27);2*1H. The van der Waals surface area contributed by atoms with Crippen LogP contribution in [0.15, 0.2) is 0 Å². The molecule has 6 heteroatoms. The average Bonchev–Trinajstić information content (AvgIpc) is 2.59. The van der Waals surface area contributed by atoms with Gasteiger partial charge in [0, 0.05) is 6.42 Å². The molecular formula is C23H46Cl2O4. The number of aliphatic carboxylic acids is 2. The zero-order valence-electron chi connectivity index (χ0n) is 18.7. The van der Waals surface area contributed by atoms with Crippen molar-refractivity contribution in [3.05, 3.63) is 0 Å². The number of carboxylic acid groups (broad SMARTS) is 2. The molecule has 0 bridgehead atoms. The number of rotatable bonds is 20. The SMILES string of the molecule is CC(C)C(CCCCCCCCCCCCCCCCCC(=O)O)C(=O)O.Cl.Cl. The van der Waals surface area contributed by atoms with Crippen LogP contribution in [0.2, 0.25) is 0 Å². The van der Waals surface area contributed by atoms with E-state index in [4.69, 9.17) is 10.2 Å². The Balaban J connectivity index is -0.00000338. The number of halogens is 2. The highest BCUT2D eigenvalue weighted by Gasteiger charge is 2.20. The summed E-state index contributed by atoms with van der Waals surface area (Å²) in [6, 6.07) is 0. The van der Waals surface area contributed by atoms with Crippen LogP contribution < -0.4 is 0 Å². The molecule has 0 aliphatic rings. The van der Waals surface area contributed by atoms with Gasteiger partial charge in [0.1, 0.15) is 0 Å². The van der Waals surface area contributed by atoms with Crippen molar-refractivity contribution in [1.82, 2.24) is 0 Å². The predicted octanol–water partition coefficient (Wildman–Crippen LogP) is 7.90. The Kier molecular flexibility index (Phi) is 27.2. The minimum atomic E-state index is -0.673. The first-order chi connectivity index (χ1) is 12.9. The number of carboxylic acids is 2.